The number of nitrogens with zero attached hydrogens (tertiary/aromatic N) is 3. The van der Waals surface area contributed by atoms with E-state index >= 15 is 0 Å². The van der Waals surface area contributed by atoms with Crippen LogP contribution in [0.15, 0.2) is 40.9 Å². The van der Waals surface area contributed by atoms with Crippen molar-refractivity contribution in [3.8, 4) is 11.4 Å². The fourth-order valence-corrected chi connectivity index (χ4v) is 3.80. The smallest absolute Gasteiger partial charge is 0.234 e. The van der Waals surface area contributed by atoms with Gasteiger partial charge in [0.05, 0.1) is 5.75 Å². The summed E-state index contributed by atoms with van der Waals surface area (Å²) in [5, 5.41) is 14.2. The lowest BCUT2D eigenvalue weighted by Crippen LogP contribution is -2.14. The molecule has 0 fully saturated rings. The van der Waals surface area contributed by atoms with Gasteiger partial charge in [0.1, 0.15) is 0 Å². The third-order valence-electron chi connectivity index (χ3n) is 3.80. The van der Waals surface area contributed by atoms with Crippen LogP contribution in [-0.4, -0.2) is 26.4 Å². The second-order valence-corrected chi connectivity index (χ2v) is 7.76. The van der Waals surface area contributed by atoms with Gasteiger partial charge in [-0.15, -0.1) is 21.5 Å². The molecule has 130 valence electrons. The number of carbonyl (C=O) groups is 1. The summed E-state index contributed by atoms with van der Waals surface area (Å²) in [6, 6.07) is 10.0. The normalized spacial score (nSPS) is 10.8. The van der Waals surface area contributed by atoms with Gasteiger partial charge in [0.25, 0.3) is 0 Å². The maximum atomic E-state index is 12.1. The highest BCUT2D eigenvalue weighted by atomic mass is 32.2. The van der Waals surface area contributed by atoms with E-state index in [9.17, 15) is 4.79 Å². The molecule has 0 spiro atoms. The molecule has 0 unspecified atom stereocenters. The fraction of sp³-hybridized carbons (Fsp3) is 0.278. The van der Waals surface area contributed by atoms with Crippen molar-refractivity contribution in [3.63, 3.8) is 0 Å². The van der Waals surface area contributed by atoms with E-state index in [0.29, 0.717) is 5.75 Å². The van der Waals surface area contributed by atoms with Crippen LogP contribution in [0.5, 0.6) is 0 Å². The van der Waals surface area contributed by atoms with E-state index < -0.39 is 0 Å². The number of hydrogen-bond acceptors (Lipinski definition) is 5. The van der Waals surface area contributed by atoms with E-state index in [4.69, 9.17) is 0 Å². The minimum absolute atomic E-state index is 0.0508. The van der Waals surface area contributed by atoms with Crippen molar-refractivity contribution < 1.29 is 4.79 Å². The molecule has 0 aliphatic heterocycles. The van der Waals surface area contributed by atoms with Crippen LogP contribution < -0.4 is 5.32 Å². The van der Waals surface area contributed by atoms with Crippen molar-refractivity contribution in [2.75, 3.05) is 11.1 Å². The van der Waals surface area contributed by atoms with E-state index in [2.05, 4.69) is 40.8 Å². The van der Waals surface area contributed by atoms with Crippen LogP contribution in [0.4, 0.5) is 5.69 Å². The lowest BCUT2D eigenvalue weighted by molar-refractivity contribution is -0.113. The van der Waals surface area contributed by atoms with Crippen LogP contribution in [0.2, 0.25) is 0 Å². The van der Waals surface area contributed by atoms with Crippen LogP contribution in [0.25, 0.3) is 11.4 Å². The van der Waals surface area contributed by atoms with Gasteiger partial charge in [-0.25, -0.2) is 0 Å². The maximum absolute atomic E-state index is 12.1. The van der Waals surface area contributed by atoms with Gasteiger partial charge in [0, 0.05) is 28.6 Å². The Balaban J connectivity index is 1.59. The van der Waals surface area contributed by atoms with Crippen molar-refractivity contribution in [2.24, 2.45) is 7.05 Å². The summed E-state index contributed by atoms with van der Waals surface area (Å²) in [4.78, 5) is 13.4. The van der Waals surface area contributed by atoms with E-state index in [1.807, 2.05) is 35.9 Å². The molecule has 0 aliphatic carbocycles. The first kappa shape index (κ1) is 17.7. The van der Waals surface area contributed by atoms with Crippen LogP contribution >= 0.6 is 23.1 Å². The van der Waals surface area contributed by atoms with E-state index in [1.54, 1.807) is 11.3 Å². The molecule has 1 amide bonds. The molecule has 0 saturated carbocycles. The number of carbonyl (C=O) groups excluding carboxylic acids is 1. The maximum Gasteiger partial charge on any atom is 0.234 e. The first-order chi connectivity index (χ1) is 12.1. The Morgan fingerprint density at radius 1 is 1.28 bits per heavy atom. The second-order valence-electron chi connectivity index (χ2n) is 5.70. The van der Waals surface area contributed by atoms with Crippen LogP contribution in [0.3, 0.4) is 0 Å². The van der Waals surface area contributed by atoms with Crippen molar-refractivity contribution >= 4 is 34.7 Å². The van der Waals surface area contributed by atoms with E-state index in [0.717, 1.165) is 28.7 Å². The zero-order valence-electron chi connectivity index (χ0n) is 14.4. The fourth-order valence-electron chi connectivity index (χ4n) is 2.40. The molecule has 0 radical (unpaired) electrons. The Hall–Kier alpha value is -2.12. The Morgan fingerprint density at radius 2 is 2.04 bits per heavy atom. The number of aryl methyl sites for hydroxylation is 2. The van der Waals surface area contributed by atoms with Crippen LogP contribution in [0, 0.1) is 6.92 Å². The van der Waals surface area contributed by atoms with Gasteiger partial charge in [-0.3, -0.25) is 4.79 Å². The molecule has 7 heteroatoms. The predicted octanol–water partition coefficient (Wildman–Crippen LogP) is 4.15. The molecule has 5 nitrogen and oxygen atoms in total. The van der Waals surface area contributed by atoms with Crippen molar-refractivity contribution in [3.05, 3.63) is 46.2 Å². The number of amides is 1. The zero-order valence-corrected chi connectivity index (χ0v) is 16.1. The largest absolute Gasteiger partial charge is 0.325 e. The van der Waals surface area contributed by atoms with Gasteiger partial charge in [-0.2, -0.15) is 0 Å². The summed E-state index contributed by atoms with van der Waals surface area (Å²) in [5.41, 5.74) is 3.13. The quantitative estimate of drug-likeness (QED) is 0.661. The average Bonchev–Trinajstić information content (AvgIpc) is 3.19. The first-order valence-corrected chi connectivity index (χ1v) is 9.90. The summed E-state index contributed by atoms with van der Waals surface area (Å²) in [6.45, 7) is 4.17. The first-order valence-electron chi connectivity index (χ1n) is 8.03. The van der Waals surface area contributed by atoms with Gasteiger partial charge in [-0.1, -0.05) is 30.8 Å². The number of thiophene rings is 1. The molecule has 0 aliphatic rings. The number of aromatic nitrogens is 3. The minimum Gasteiger partial charge on any atom is -0.325 e. The highest BCUT2D eigenvalue weighted by Gasteiger charge is 2.13. The summed E-state index contributed by atoms with van der Waals surface area (Å²) in [7, 11) is 1.92. The summed E-state index contributed by atoms with van der Waals surface area (Å²) in [5.74, 6) is 1.07. The average molecular weight is 373 g/mol. The van der Waals surface area contributed by atoms with Crippen LogP contribution in [-0.2, 0) is 18.3 Å². The van der Waals surface area contributed by atoms with Gasteiger partial charge < -0.3 is 9.88 Å². The van der Waals surface area contributed by atoms with Gasteiger partial charge in [-0.05, 0) is 37.1 Å². The number of benzene rings is 1. The Bertz CT molecular complexity index is 868. The monoisotopic (exact) mass is 372 g/mol. The van der Waals surface area contributed by atoms with Crippen molar-refractivity contribution in [1.82, 2.24) is 14.8 Å². The minimum atomic E-state index is -0.0508. The van der Waals surface area contributed by atoms with Crippen molar-refractivity contribution in [2.45, 2.75) is 25.4 Å². The topological polar surface area (TPSA) is 59.8 Å². The zero-order chi connectivity index (χ0) is 17.8. The van der Waals surface area contributed by atoms with Gasteiger partial charge in [0.2, 0.25) is 5.91 Å². The molecule has 1 aromatic carbocycles. The molecule has 0 atom stereocenters. The molecule has 2 aromatic heterocycles. The Labute approximate surface area is 155 Å². The highest BCUT2D eigenvalue weighted by molar-refractivity contribution is 7.99. The molecular formula is C18H20N4OS2. The SMILES string of the molecule is CCc1ccc(NC(=O)CSc2nnc(-c3csc(C)c3)n2C)cc1. The number of hydrogen-bond donors (Lipinski definition) is 1. The summed E-state index contributed by atoms with van der Waals surface area (Å²) in [6.07, 6.45) is 0.988. The molecule has 3 aromatic rings. The molecule has 0 saturated heterocycles. The number of thioether (sulfide) groups is 1. The lowest BCUT2D eigenvalue weighted by Gasteiger charge is -2.06. The molecular weight excluding hydrogens is 352 g/mol. The highest BCUT2D eigenvalue weighted by Crippen LogP contribution is 2.26. The van der Waals surface area contributed by atoms with Gasteiger partial charge >= 0.3 is 0 Å². The lowest BCUT2D eigenvalue weighted by atomic mass is 10.1. The number of anilines is 1. The Morgan fingerprint density at radius 3 is 2.68 bits per heavy atom. The third-order valence-corrected chi connectivity index (χ3v) is 5.68. The van der Waals surface area contributed by atoms with E-state index in [1.165, 1.54) is 22.2 Å². The van der Waals surface area contributed by atoms with E-state index in [-0.39, 0.29) is 5.91 Å². The third kappa shape index (κ3) is 4.29. The summed E-state index contributed by atoms with van der Waals surface area (Å²) < 4.78 is 1.93. The molecule has 2 heterocycles. The molecule has 3 rings (SSSR count). The standard InChI is InChI=1S/C18H20N4OS2/c1-4-13-5-7-15(8-6-13)19-16(23)11-25-18-21-20-17(22(18)3)14-9-12(2)24-10-14/h5-10H,4,11H2,1-3H3,(H,19,23). The Kier molecular flexibility index (Phi) is 5.55. The predicted molar refractivity (Wildman–Crippen MR) is 104 cm³/mol. The number of nitrogens with one attached hydrogen (secondary N) is 1. The summed E-state index contributed by atoms with van der Waals surface area (Å²) >= 11 is 3.07. The second kappa shape index (κ2) is 7.84. The molecule has 0 bridgehead atoms. The molecule has 1 N–H and O–H groups in total. The number of rotatable bonds is 6. The van der Waals surface area contributed by atoms with Gasteiger partial charge in [0.15, 0.2) is 11.0 Å². The molecule has 25 heavy (non-hydrogen) atoms. The van der Waals surface area contributed by atoms with Crippen LogP contribution in [0.1, 0.15) is 17.4 Å². The van der Waals surface area contributed by atoms with Crippen molar-refractivity contribution in [1.29, 1.82) is 0 Å².